The van der Waals surface area contributed by atoms with Crippen LogP contribution in [-0.4, -0.2) is 61.3 Å². The molecule has 0 saturated carbocycles. The molecule has 1 fully saturated rings. The van der Waals surface area contributed by atoms with Crippen LogP contribution in [0.3, 0.4) is 0 Å². The number of amides is 3. The topological polar surface area (TPSA) is 168 Å². The van der Waals surface area contributed by atoms with Crippen LogP contribution in [0.2, 0.25) is 0 Å². The third-order valence-electron chi connectivity index (χ3n) is 5.99. The molecule has 3 heterocycles. The number of fused-ring (bicyclic) bond motifs is 1. The Hall–Kier alpha value is -4.94. The van der Waals surface area contributed by atoms with Gasteiger partial charge in [-0.05, 0) is 36.3 Å². The van der Waals surface area contributed by atoms with Crippen molar-refractivity contribution in [1.82, 2.24) is 19.7 Å². The van der Waals surface area contributed by atoms with Crippen molar-refractivity contribution in [2.24, 2.45) is 16.0 Å². The SMILES string of the molecule is C=C/N=N\C=C(/C)c1ccc2c(c1)c(C(N)=O)nn2CC(=O)N1CC(F)CC1C(=O)Nc1cc(O)ccn1. The highest BCUT2D eigenvalue weighted by molar-refractivity contribution is 6.05. The lowest BCUT2D eigenvalue weighted by molar-refractivity contribution is -0.137. The average Bonchev–Trinajstić information content (AvgIpc) is 3.44. The largest absolute Gasteiger partial charge is 0.508 e. The second kappa shape index (κ2) is 11.0. The Bertz CT molecular complexity index is 1480. The van der Waals surface area contributed by atoms with E-state index in [2.05, 4.69) is 32.2 Å². The Balaban J connectivity index is 1.59. The fourth-order valence-electron chi connectivity index (χ4n) is 4.19. The molecular formula is C25H25FN8O4. The van der Waals surface area contributed by atoms with E-state index in [1.54, 1.807) is 25.1 Å². The first-order valence-electron chi connectivity index (χ1n) is 11.6. The minimum absolute atomic E-state index is 0.0378. The van der Waals surface area contributed by atoms with Crippen molar-refractivity contribution >= 4 is 40.0 Å². The van der Waals surface area contributed by atoms with E-state index in [9.17, 15) is 23.9 Å². The standard InChI is InChI=1S/C25H25FN8O4/c1-3-29-30-11-14(2)15-4-5-19-18(8-15)23(24(27)37)32-34(19)13-22(36)33-12-16(26)9-20(33)25(38)31-21-10-17(35)6-7-28-21/h3-8,10-11,16,20H,1,9,12-13H2,2H3,(H2,27,37)(H2,28,31,35,38)/b14-11+,30-29-. The molecule has 12 nitrogen and oxygen atoms in total. The molecule has 3 aromatic rings. The molecule has 2 unspecified atom stereocenters. The van der Waals surface area contributed by atoms with Gasteiger partial charge >= 0.3 is 0 Å². The van der Waals surface area contributed by atoms with Gasteiger partial charge in [0.05, 0.1) is 18.3 Å². The van der Waals surface area contributed by atoms with Crippen LogP contribution in [-0.2, 0) is 16.1 Å². The van der Waals surface area contributed by atoms with Crippen LogP contribution in [0.1, 0.15) is 29.4 Å². The van der Waals surface area contributed by atoms with Crippen molar-refractivity contribution in [2.75, 3.05) is 11.9 Å². The Morgan fingerprint density at radius 3 is 2.79 bits per heavy atom. The molecule has 0 radical (unpaired) electrons. The van der Waals surface area contributed by atoms with Crippen LogP contribution in [0.4, 0.5) is 10.2 Å². The van der Waals surface area contributed by atoms with Gasteiger partial charge < -0.3 is 21.1 Å². The summed E-state index contributed by atoms with van der Waals surface area (Å²) < 4.78 is 15.6. The molecule has 1 aliphatic heterocycles. The van der Waals surface area contributed by atoms with Gasteiger partial charge in [0.2, 0.25) is 11.8 Å². The van der Waals surface area contributed by atoms with Crippen LogP contribution < -0.4 is 11.1 Å². The first-order valence-corrected chi connectivity index (χ1v) is 11.6. The molecule has 0 aliphatic carbocycles. The van der Waals surface area contributed by atoms with Crippen molar-refractivity contribution in [1.29, 1.82) is 0 Å². The number of aromatic nitrogens is 3. The van der Waals surface area contributed by atoms with Crippen LogP contribution in [0.15, 0.2) is 65.7 Å². The molecule has 3 amide bonds. The number of rotatable bonds is 8. The number of pyridine rings is 1. The molecule has 0 spiro atoms. The van der Waals surface area contributed by atoms with Gasteiger partial charge in [-0.3, -0.25) is 19.1 Å². The average molecular weight is 521 g/mol. The summed E-state index contributed by atoms with van der Waals surface area (Å²) in [4.78, 5) is 43.2. The van der Waals surface area contributed by atoms with Gasteiger partial charge in [-0.15, -0.1) is 0 Å². The van der Waals surface area contributed by atoms with Crippen LogP contribution in [0.5, 0.6) is 5.75 Å². The molecular weight excluding hydrogens is 495 g/mol. The van der Waals surface area contributed by atoms with E-state index in [0.717, 1.165) is 16.0 Å². The number of nitrogens with two attached hydrogens (primary N) is 1. The normalized spacial score (nSPS) is 17.7. The number of likely N-dealkylation sites (tertiary alicyclic amines) is 1. The number of allylic oxidation sites excluding steroid dienone is 1. The number of aromatic hydroxyl groups is 1. The maximum atomic E-state index is 14.3. The van der Waals surface area contributed by atoms with E-state index in [4.69, 9.17) is 5.73 Å². The highest BCUT2D eigenvalue weighted by Gasteiger charge is 2.40. The Kier molecular flexibility index (Phi) is 7.55. The number of hydrogen-bond acceptors (Lipinski definition) is 8. The number of halogens is 1. The lowest BCUT2D eigenvalue weighted by Crippen LogP contribution is -2.44. The van der Waals surface area contributed by atoms with Crippen LogP contribution in [0.25, 0.3) is 16.5 Å². The van der Waals surface area contributed by atoms with Gasteiger partial charge in [-0.2, -0.15) is 15.3 Å². The van der Waals surface area contributed by atoms with Crippen molar-refractivity contribution in [3.63, 3.8) is 0 Å². The molecule has 38 heavy (non-hydrogen) atoms. The lowest BCUT2D eigenvalue weighted by Gasteiger charge is -2.23. The summed E-state index contributed by atoms with van der Waals surface area (Å²) >= 11 is 0. The molecule has 13 heteroatoms. The lowest BCUT2D eigenvalue weighted by atomic mass is 10.0. The first kappa shape index (κ1) is 26.1. The summed E-state index contributed by atoms with van der Waals surface area (Å²) in [7, 11) is 0. The number of nitrogens with one attached hydrogen (secondary N) is 1. The fraction of sp³-hybridized carbons (Fsp3) is 0.240. The minimum atomic E-state index is -1.40. The number of hydrogen-bond donors (Lipinski definition) is 3. The Morgan fingerprint density at radius 1 is 1.29 bits per heavy atom. The summed E-state index contributed by atoms with van der Waals surface area (Å²) in [5, 5.41) is 24.3. The first-order chi connectivity index (χ1) is 18.2. The van der Waals surface area contributed by atoms with E-state index in [0.29, 0.717) is 10.9 Å². The van der Waals surface area contributed by atoms with Gasteiger partial charge in [-0.1, -0.05) is 12.6 Å². The number of benzene rings is 1. The van der Waals surface area contributed by atoms with E-state index < -0.39 is 29.9 Å². The predicted octanol–water partition coefficient (Wildman–Crippen LogP) is 2.77. The van der Waals surface area contributed by atoms with Crippen molar-refractivity contribution in [3.05, 3.63) is 66.8 Å². The van der Waals surface area contributed by atoms with E-state index in [1.807, 2.05) is 0 Å². The summed E-state index contributed by atoms with van der Waals surface area (Å²) in [6, 6.07) is 6.62. The molecule has 2 aromatic heterocycles. The van der Waals surface area contributed by atoms with Crippen LogP contribution in [0, 0.1) is 0 Å². The van der Waals surface area contributed by atoms with Gasteiger partial charge in [0, 0.05) is 30.3 Å². The van der Waals surface area contributed by atoms with Crippen LogP contribution >= 0.6 is 0 Å². The smallest absolute Gasteiger partial charge is 0.269 e. The van der Waals surface area contributed by atoms with Crippen molar-refractivity contribution in [3.8, 4) is 5.75 Å². The van der Waals surface area contributed by atoms with Gasteiger partial charge in [-0.25, -0.2) is 9.37 Å². The van der Waals surface area contributed by atoms with Crippen molar-refractivity contribution < 1.29 is 23.9 Å². The summed E-state index contributed by atoms with van der Waals surface area (Å²) in [5.74, 6) is -2.03. The zero-order valence-corrected chi connectivity index (χ0v) is 20.4. The third kappa shape index (κ3) is 5.56. The summed E-state index contributed by atoms with van der Waals surface area (Å²) in [6.07, 6.45) is 2.52. The molecule has 4 N–H and O–H groups in total. The molecule has 0 bridgehead atoms. The number of nitrogens with zero attached hydrogens (tertiary/aromatic N) is 6. The summed E-state index contributed by atoms with van der Waals surface area (Å²) in [5.41, 5.74) is 7.43. The van der Waals surface area contributed by atoms with Gasteiger partial charge in [0.15, 0.2) is 5.69 Å². The van der Waals surface area contributed by atoms with E-state index >= 15 is 0 Å². The molecule has 1 aromatic carbocycles. The second-order valence-electron chi connectivity index (χ2n) is 8.61. The molecule has 2 atom stereocenters. The fourth-order valence-corrected chi connectivity index (χ4v) is 4.19. The Labute approximate surface area is 216 Å². The monoisotopic (exact) mass is 520 g/mol. The molecule has 1 saturated heterocycles. The maximum absolute atomic E-state index is 14.3. The third-order valence-corrected chi connectivity index (χ3v) is 5.99. The predicted molar refractivity (Wildman–Crippen MR) is 137 cm³/mol. The quantitative estimate of drug-likeness (QED) is 0.386. The number of primary amides is 1. The van der Waals surface area contributed by atoms with Crippen molar-refractivity contribution in [2.45, 2.75) is 32.1 Å². The van der Waals surface area contributed by atoms with Gasteiger partial charge in [0.25, 0.3) is 5.91 Å². The van der Waals surface area contributed by atoms with Gasteiger partial charge in [0.1, 0.15) is 30.3 Å². The summed E-state index contributed by atoms with van der Waals surface area (Å²) in [6.45, 7) is 4.63. The highest BCUT2D eigenvalue weighted by Crippen LogP contribution is 2.26. The number of alkyl halides is 1. The number of anilines is 1. The maximum Gasteiger partial charge on any atom is 0.269 e. The molecule has 1 aliphatic rings. The highest BCUT2D eigenvalue weighted by atomic mass is 19.1. The zero-order chi connectivity index (χ0) is 27.4. The number of carbonyl (C=O) groups excluding carboxylic acids is 3. The Morgan fingerprint density at radius 2 is 2.08 bits per heavy atom. The molecule has 4 rings (SSSR count). The zero-order valence-electron chi connectivity index (χ0n) is 20.4. The van der Waals surface area contributed by atoms with E-state index in [-0.39, 0.29) is 36.8 Å². The minimum Gasteiger partial charge on any atom is -0.508 e. The molecule has 196 valence electrons. The number of carbonyl (C=O) groups is 3. The van der Waals surface area contributed by atoms with E-state index in [1.165, 1.54) is 35.4 Å². The number of azo groups is 1. The second-order valence-corrected chi connectivity index (χ2v) is 8.61.